The van der Waals surface area contributed by atoms with Crippen molar-refractivity contribution in [2.75, 3.05) is 13.1 Å². The number of esters is 1. The van der Waals surface area contributed by atoms with Crippen molar-refractivity contribution in [1.29, 1.82) is 0 Å². The number of benzene rings is 5. The maximum Gasteiger partial charge on any atom is 0.326 e. The summed E-state index contributed by atoms with van der Waals surface area (Å²) in [6.07, 6.45) is 1.22. The Kier molecular flexibility index (Phi) is 13.2. The molecule has 7 nitrogen and oxygen atoms in total. The first-order valence-electron chi connectivity index (χ1n) is 17.5. The van der Waals surface area contributed by atoms with Crippen LogP contribution in [0.4, 0.5) is 4.79 Å². The van der Waals surface area contributed by atoms with E-state index in [1.54, 1.807) is 4.90 Å². The fourth-order valence-electron chi connectivity index (χ4n) is 6.06. The van der Waals surface area contributed by atoms with E-state index in [1.165, 1.54) is 0 Å². The molecule has 1 unspecified atom stereocenters. The van der Waals surface area contributed by atoms with Crippen molar-refractivity contribution >= 4 is 18.0 Å². The second kappa shape index (κ2) is 18.3. The molecule has 51 heavy (non-hydrogen) atoms. The summed E-state index contributed by atoms with van der Waals surface area (Å²) in [6.45, 7) is 4.56. The van der Waals surface area contributed by atoms with Gasteiger partial charge in [0.1, 0.15) is 12.6 Å². The molecule has 2 atom stereocenters. The number of nitrogens with zero attached hydrogens (tertiary/aromatic N) is 1. The maximum atomic E-state index is 13.8. The zero-order valence-electron chi connectivity index (χ0n) is 29.3. The molecule has 0 aliphatic rings. The second-order valence-corrected chi connectivity index (χ2v) is 13.3. The lowest BCUT2D eigenvalue weighted by atomic mass is 9.98. The Balaban J connectivity index is 1.25. The van der Waals surface area contributed by atoms with Gasteiger partial charge in [-0.05, 0) is 57.7 Å². The van der Waals surface area contributed by atoms with Crippen LogP contribution in [0.2, 0.25) is 0 Å². The van der Waals surface area contributed by atoms with Gasteiger partial charge in [0.2, 0.25) is 0 Å². The first-order chi connectivity index (χ1) is 24.7. The minimum Gasteiger partial charge on any atom is -0.480 e. The molecule has 5 aromatic carbocycles. The van der Waals surface area contributed by atoms with Gasteiger partial charge < -0.3 is 20.1 Å². The number of hydrogen-bond donors (Lipinski definition) is 2. The smallest absolute Gasteiger partial charge is 0.326 e. The molecule has 262 valence electrons. The summed E-state index contributed by atoms with van der Waals surface area (Å²) in [4.78, 5) is 41.2. The lowest BCUT2D eigenvalue weighted by molar-refractivity contribution is -0.150. The summed E-state index contributed by atoms with van der Waals surface area (Å²) in [6, 6.07) is 43.9. The summed E-state index contributed by atoms with van der Waals surface area (Å²) in [5.41, 5.74) is 7.10. The van der Waals surface area contributed by atoms with Crippen LogP contribution in [-0.4, -0.2) is 47.1 Å². The first-order valence-corrected chi connectivity index (χ1v) is 17.5. The van der Waals surface area contributed by atoms with Crippen LogP contribution in [0.15, 0.2) is 140 Å². The molecule has 0 fully saturated rings. The number of carboxylic acid groups (broad SMARTS) is 1. The zero-order chi connectivity index (χ0) is 36.0. The van der Waals surface area contributed by atoms with Crippen molar-refractivity contribution in [3.63, 3.8) is 0 Å². The Morgan fingerprint density at radius 3 is 1.65 bits per heavy atom. The molecule has 2 amide bonds. The first kappa shape index (κ1) is 36.6. The molecule has 0 bridgehead atoms. The molecule has 5 rings (SSSR count). The van der Waals surface area contributed by atoms with Gasteiger partial charge in [-0.15, -0.1) is 0 Å². The molecule has 0 radical (unpaired) electrons. The third-order valence-corrected chi connectivity index (χ3v) is 8.81. The quantitative estimate of drug-likeness (QED) is 0.102. The highest BCUT2D eigenvalue weighted by molar-refractivity contribution is 5.83. The summed E-state index contributed by atoms with van der Waals surface area (Å²) in [5, 5.41) is 12.9. The lowest BCUT2D eigenvalue weighted by Gasteiger charge is -2.30. The molecule has 7 heteroatoms. The fourth-order valence-corrected chi connectivity index (χ4v) is 6.06. The predicted octanol–water partition coefficient (Wildman–Crippen LogP) is 8.68. The normalized spacial score (nSPS) is 12.1. The molecule has 0 spiro atoms. The Morgan fingerprint density at radius 1 is 0.627 bits per heavy atom. The highest BCUT2D eigenvalue weighted by Gasteiger charge is 2.29. The maximum absolute atomic E-state index is 13.8. The number of aliphatic carboxylic acids is 1. The Hall–Kier alpha value is -5.69. The van der Waals surface area contributed by atoms with Crippen LogP contribution in [0.25, 0.3) is 22.3 Å². The van der Waals surface area contributed by atoms with Crippen molar-refractivity contribution in [3.8, 4) is 22.3 Å². The number of rotatable bonds is 16. The van der Waals surface area contributed by atoms with Crippen LogP contribution in [0.3, 0.4) is 0 Å². The molecule has 0 saturated heterocycles. The van der Waals surface area contributed by atoms with E-state index in [-0.39, 0.29) is 31.5 Å². The van der Waals surface area contributed by atoms with E-state index < -0.39 is 24.0 Å². The minimum atomic E-state index is -1.16. The largest absolute Gasteiger partial charge is 0.480 e. The SMILES string of the molecule is CC(C)CN(CC(CCc1ccccc1)C(=O)OCc1ccccc1)C(=O)N[C@@H](Cc1ccc(-c2ccc(-c3ccccc3)cc2)cc1)C(=O)O. The number of nitrogens with one attached hydrogen (secondary N) is 1. The van der Waals surface area contributed by atoms with Gasteiger partial charge in [0.25, 0.3) is 0 Å². The molecule has 0 aliphatic carbocycles. The van der Waals surface area contributed by atoms with E-state index in [2.05, 4.69) is 41.7 Å². The molecule has 0 aliphatic heterocycles. The number of ether oxygens (including phenoxy) is 1. The zero-order valence-corrected chi connectivity index (χ0v) is 29.3. The highest BCUT2D eigenvalue weighted by Crippen LogP contribution is 2.25. The summed E-state index contributed by atoms with van der Waals surface area (Å²) < 4.78 is 5.74. The van der Waals surface area contributed by atoms with Crippen LogP contribution in [-0.2, 0) is 33.8 Å². The Morgan fingerprint density at radius 2 is 1.12 bits per heavy atom. The van der Waals surface area contributed by atoms with Gasteiger partial charge in [-0.25, -0.2) is 9.59 Å². The predicted molar refractivity (Wildman–Crippen MR) is 202 cm³/mol. The molecule has 5 aromatic rings. The number of carboxylic acids is 1. The van der Waals surface area contributed by atoms with Crippen molar-refractivity contribution in [2.45, 2.75) is 45.8 Å². The summed E-state index contributed by atoms with van der Waals surface area (Å²) in [5.74, 6) is -2.03. The van der Waals surface area contributed by atoms with Crippen LogP contribution < -0.4 is 5.32 Å². The average molecular weight is 683 g/mol. The minimum absolute atomic E-state index is 0.0865. The van der Waals surface area contributed by atoms with Gasteiger partial charge in [0.05, 0.1) is 5.92 Å². The third kappa shape index (κ3) is 11.2. The van der Waals surface area contributed by atoms with Gasteiger partial charge in [-0.3, -0.25) is 4.79 Å². The monoisotopic (exact) mass is 682 g/mol. The lowest BCUT2D eigenvalue weighted by Crippen LogP contribution is -2.51. The topological polar surface area (TPSA) is 95.9 Å². The fraction of sp³-hybridized carbons (Fsp3) is 0.250. The van der Waals surface area contributed by atoms with Crippen molar-refractivity contribution in [2.24, 2.45) is 11.8 Å². The van der Waals surface area contributed by atoms with Crippen molar-refractivity contribution in [1.82, 2.24) is 10.2 Å². The van der Waals surface area contributed by atoms with E-state index in [4.69, 9.17) is 4.74 Å². The summed E-state index contributed by atoms with van der Waals surface area (Å²) >= 11 is 0. The van der Waals surface area contributed by atoms with Gasteiger partial charge in [0, 0.05) is 19.5 Å². The summed E-state index contributed by atoms with van der Waals surface area (Å²) in [7, 11) is 0. The van der Waals surface area contributed by atoms with E-state index in [9.17, 15) is 19.5 Å². The van der Waals surface area contributed by atoms with Crippen LogP contribution in [0.1, 0.15) is 37.0 Å². The van der Waals surface area contributed by atoms with Gasteiger partial charge in [-0.1, -0.05) is 153 Å². The average Bonchev–Trinajstić information content (AvgIpc) is 3.16. The number of aryl methyl sites for hydroxylation is 1. The van der Waals surface area contributed by atoms with Crippen molar-refractivity contribution < 1.29 is 24.2 Å². The number of carbonyl (C=O) groups excluding carboxylic acids is 2. The number of carbonyl (C=O) groups is 3. The highest BCUT2D eigenvalue weighted by atomic mass is 16.5. The molecular formula is C44H46N2O5. The van der Waals surface area contributed by atoms with Crippen LogP contribution >= 0.6 is 0 Å². The number of amides is 2. The van der Waals surface area contributed by atoms with Crippen molar-refractivity contribution in [3.05, 3.63) is 156 Å². The molecule has 0 aromatic heterocycles. The number of urea groups is 1. The Labute approximate surface area is 300 Å². The van der Waals surface area contributed by atoms with Crippen LogP contribution in [0.5, 0.6) is 0 Å². The molecule has 2 N–H and O–H groups in total. The van der Waals surface area contributed by atoms with Gasteiger partial charge in [-0.2, -0.15) is 0 Å². The molecular weight excluding hydrogens is 636 g/mol. The third-order valence-electron chi connectivity index (χ3n) is 8.81. The van der Waals surface area contributed by atoms with E-state index in [1.807, 2.05) is 117 Å². The second-order valence-electron chi connectivity index (χ2n) is 13.3. The van der Waals surface area contributed by atoms with E-state index in [0.717, 1.165) is 38.9 Å². The van der Waals surface area contributed by atoms with Gasteiger partial charge >= 0.3 is 18.0 Å². The van der Waals surface area contributed by atoms with Crippen LogP contribution in [0, 0.1) is 11.8 Å². The molecule has 0 heterocycles. The Bertz CT molecular complexity index is 1830. The standard InChI is InChI=1S/C44H46N2O5/c1-32(2)29-46(30-40(23-18-33-12-6-3-7-13-33)43(49)51-31-35-14-8-4-9-15-35)44(50)45-41(42(47)48)28-34-19-21-37(22-20-34)39-26-24-38(25-27-39)36-16-10-5-11-17-36/h3-17,19-22,24-27,32,40-41H,18,23,28-31H2,1-2H3,(H,45,50)(H,47,48)/t40?,41-/m0/s1. The van der Waals surface area contributed by atoms with E-state index in [0.29, 0.717) is 19.4 Å². The molecule has 0 saturated carbocycles. The number of hydrogen-bond acceptors (Lipinski definition) is 4. The van der Waals surface area contributed by atoms with Gasteiger partial charge in [0.15, 0.2) is 0 Å². The van der Waals surface area contributed by atoms with E-state index >= 15 is 0 Å².